The maximum absolute atomic E-state index is 13.6. The van der Waals surface area contributed by atoms with Crippen LogP contribution in [0.4, 0.5) is 19.0 Å². The van der Waals surface area contributed by atoms with E-state index in [1.165, 1.54) is 34.2 Å². The maximum Gasteiger partial charge on any atom is 0.417 e. The van der Waals surface area contributed by atoms with Crippen LogP contribution in [0.25, 0.3) is 27.5 Å². The van der Waals surface area contributed by atoms with E-state index in [4.69, 9.17) is 0 Å². The minimum Gasteiger partial charge on any atom is -0.306 e. The Morgan fingerprint density at radius 2 is 1.85 bits per heavy atom. The number of halogens is 3. The number of anilines is 1. The van der Waals surface area contributed by atoms with Gasteiger partial charge in [0.1, 0.15) is 11.5 Å². The number of alkyl halides is 3. The van der Waals surface area contributed by atoms with Gasteiger partial charge in [-0.25, -0.2) is 4.98 Å². The molecule has 0 spiro atoms. The highest BCUT2D eigenvalue weighted by Crippen LogP contribution is 2.37. The van der Waals surface area contributed by atoms with Crippen LogP contribution in [0.5, 0.6) is 0 Å². The lowest BCUT2D eigenvalue weighted by Crippen LogP contribution is -2.15. The van der Waals surface area contributed by atoms with Crippen molar-refractivity contribution in [3.8, 4) is 22.5 Å². The van der Waals surface area contributed by atoms with Gasteiger partial charge in [-0.1, -0.05) is 30.3 Å². The minimum atomic E-state index is -4.59. The molecule has 0 atom stereocenters. The third-order valence-corrected chi connectivity index (χ3v) is 5.87. The molecule has 0 aliphatic carbocycles. The standard InChI is InChI=1S/C23H16F3N5OS/c1-30-10-9-18(29-30)16-13-15(7-8-17(16)23(24,25)26)21(32)28-20-19(14-5-3-2-4-6-14)27-22-31(20)11-12-33-22/h2-13H,1H3,(H,28,32). The van der Waals surface area contributed by atoms with E-state index in [2.05, 4.69) is 15.4 Å². The Morgan fingerprint density at radius 1 is 1.06 bits per heavy atom. The summed E-state index contributed by atoms with van der Waals surface area (Å²) in [4.78, 5) is 18.5. The van der Waals surface area contributed by atoms with Crippen molar-refractivity contribution in [2.75, 3.05) is 5.32 Å². The highest BCUT2D eigenvalue weighted by molar-refractivity contribution is 7.15. The first-order valence-electron chi connectivity index (χ1n) is 9.85. The number of fused-ring (bicyclic) bond motifs is 1. The molecule has 5 rings (SSSR count). The van der Waals surface area contributed by atoms with E-state index in [-0.39, 0.29) is 16.8 Å². The van der Waals surface area contributed by atoms with Gasteiger partial charge in [0.2, 0.25) is 0 Å². The lowest BCUT2D eigenvalue weighted by Gasteiger charge is -2.13. The summed E-state index contributed by atoms with van der Waals surface area (Å²) in [5, 5.41) is 8.77. The summed E-state index contributed by atoms with van der Waals surface area (Å²) < 4.78 is 44.0. The van der Waals surface area contributed by atoms with Gasteiger partial charge in [0.05, 0.1) is 11.3 Å². The van der Waals surface area contributed by atoms with Crippen molar-refractivity contribution >= 4 is 28.0 Å². The second kappa shape index (κ2) is 7.89. The number of aryl methyl sites for hydroxylation is 1. The molecule has 166 valence electrons. The Balaban J connectivity index is 1.56. The van der Waals surface area contributed by atoms with Gasteiger partial charge in [0.25, 0.3) is 5.91 Å². The van der Waals surface area contributed by atoms with E-state index in [0.717, 1.165) is 11.6 Å². The van der Waals surface area contributed by atoms with Crippen LogP contribution < -0.4 is 5.32 Å². The van der Waals surface area contributed by atoms with Crippen LogP contribution >= 0.6 is 11.3 Å². The molecule has 3 aromatic heterocycles. The summed E-state index contributed by atoms with van der Waals surface area (Å²) >= 11 is 1.41. The van der Waals surface area contributed by atoms with Crippen LogP contribution in [0, 0.1) is 0 Å². The molecule has 0 aliphatic rings. The molecule has 0 saturated carbocycles. The Morgan fingerprint density at radius 3 is 2.55 bits per heavy atom. The summed E-state index contributed by atoms with van der Waals surface area (Å²) in [5.74, 6) is -0.104. The molecule has 5 aromatic rings. The van der Waals surface area contributed by atoms with Crippen molar-refractivity contribution in [1.29, 1.82) is 0 Å². The zero-order valence-corrected chi connectivity index (χ0v) is 18.0. The predicted octanol–water partition coefficient (Wildman–Crippen LogP) is 5.73. The van der Waals surface area contributed by atoms with Crippen LogP contribution in [0.3, 0.4) is 0 Å². The molecule has 33 heavy (non-hydrogen) atoms. The van der Waals surface area contributed by atoms with Crippen LogP contribution in [-0.2, 0) is 13.2 Å². The van der Waals surface area contributed by atoms with Crippen LogP contribution in [0.2, 0.25) is 0 Å². The fraction of sp³-hybridized carbons (Fsp3) is 0.0870. The number of thiazole rings is 1. The van der Waals surface area contributed by atoms with Crippen molar-refractivity contribution in [3.05, 3.63) is 83.5 Å². The molecule has 0 aliphatic heterocycles. The highest BCUT2D eigenvalue weighted by Gasteiger charge is 2.34. The normalized spacial score (nSPS) is 11.8. The Hall–Kier alpha value is -3.92. The lowest BCUT2D eigenvalue weighted by atomic mass is 10.0. The predicted molar refractivity (Wildman–Crippen MR) is 120 cm³/mol. The first kappa shape index (κ1) is 21.0. The van der Waals surface area contributed by atoms with E-state index in [1.807, 2.05) is 35.7 Å². The van der Waals surface area contributed by atoms with E-state index >= 15 is 0 Å². The lowest BCUT2D eigenvalue weighted by molar-refractivity contribution is -0.137. The monoisotopic (exact) mass is 467 g/mol. The summed E-state index contributed by atoms with van der Waals surface area (Å²) in [5.41, 5.74) is 0.583. The maximum atomic E-state index is 13.6. The number of carbonyl (C=O) groups excluding carboxylic acids is 1. The molecule has 3 heterocycles. The average molecular weight is 467 g/mol. The third kappa shape index (κ3) is 3.89. The number of hydrogen-bond donors (Lipinski definition) is 1. The van der Waals surface area contributed by atoms with Crippen LogP contribution in [0.1, 0.15) is 15.9 Å². The first-order chi connectivity index (χ1) is 15.8. The van der Waals surface area contributed by atoms with Gasteiger partial charge in [-0.15, -0.1) is 11.3 Å². The van der Waals surface area contributed by atoms with Gasteiger partial charge in [0, 0.05) is 41.5 Å². The Labute approximate surface area is 189 Å². The average Bonchev–Trinajstić information content (AvgIpc) is 3.51. The molecular weight excluding hydrogens is 451 g/mol. The van der Waals surface area contributed by atoms with Crippen molar-refractivity contribution in [3.63, 3.8) is 0 Å². The van der Waals surface area contributed by atoms with E-state index in [1.54, 1.807) is 23.8 Å². The topological polar surface area (TPSA) is 64.2 Å². The van der Waals surface area contributed by atoms with Crippen molar-refractivity contribution < 1.29 is 18.0 Å². The fourth-order valence-corrected chi connectivity index (χ4v) is 4.30. The number of nitrogens with one attached hydrogen (secondary N) is 1. The van der Waals surface area contributed by atoms with E-state index in [0.29, 0.717) is 16.5 Å². The molecule has 0 unspecified atom stereocenters. The molecule has 0 bridgehead atoms. The smallest absolute Gasteiger partial charge is 0.306 e. The quantitative estimate of drug-likeness (QED) is 0.367. The highest BCUT2D eigenvalue weighted by atomic mass is 32.1. The van der Waals surface area contributed by atoms with Crippen molar-refractivity contribution in [1.82, 2.24) is 19.2 Å². The second-order valence-corrected chi connectivity index (χ2v) is 8.19. The SMILES string of the molecule is Cn1ccc(-c2cc(C(=O)Nc3c(-c4ccccc4)nc4sccn34)ccc2C(F)(F)F)n1. The number of carbonyl (C=O) groups is 1. The van der Waals surface area contributed by atoms with Crippen LogP contribution in [0.15, 0.2) is 72.4 Å². The number of imidazole rings is 1. The molecule has 10 heteroatoms. The molecule has 6 nitrogen and oxygen atoms in total. The largest absolute Gasteiger partial charge is 0.417 e. The number of nitrogens with zero attached hydrogens (tertiary/aromatic N) is 4. The minimum absolute atomic E-state index is 0.0767. The molecule has 0 saturated heterocycles. The second-order valence-electron chi connectivity index (χ2n) is 7.32. The Kier molecular flexibility index (Phi) is 5.01. The summed E-state index contributed by atoms with van der Waals surface area (Å²) in [6, 6.07) is 14.1. The van der Waals surface area contributed by atoms with E-state index in [9.17, 15) is 18.0 Å². The summed E-state index contributed by atoms with van der Waals surface area (Å²) in [7, 11) is 1.62. The molecule has 0 radical (unpaired) electrons. The van der Waals surface area contributed by atoms with Crippen molar-refractivity contribution in [2.45, 2.75) is 6.18 Å². The Bertz CT molecular complexity index is 1470. The fourth-order valence-electron chi connectivity index (χ4n) is 3.59. The zero-order valence-electron chi connectivity index (χ0n) is 17.2. The molecule has 1 amide bonds. The van der Waals surface area contributed by atoms with Crippen LogP contribution in [-0.4, -0.2) is 25.1 Å². The molecule has 1 N–H and O–H groups in total. The van der Waals surface area contributed by atoms with Gasteiger partial charge in [0.15, 0.2) is 4.96 Å². The summed E-state index contributed by atoms with van der Waals surface area (Å²) in [6.45, 7) is 0. The van der Waals surface area contributed by atoms with Gasteiger partial charge >= 0.3 is 6.18 Å². The molecular formula is C23H16F3N5OS. The van der Waals surface area contributed by atoms with Gasteiger partial charge in [-0.3, -0.25) is 13.9 Å². The number of amides is 1. The molecule has 0 fully saturated rings. The third-order valence-electron chi connectivity index (χ3n) is 5.12. The van der Waals surface area contributed by atoms with Gasteiger partial charge < -0.3 is 5.32 Å². The number of benzene rings is 2. The number of rotatable bonds is 4. The van der Waals surface area contributed by atoms with Crippen molar-refractivity contribution in [2.24, 2.45) is 7.05 Å². The van der Waals surface area contributed by atoms with Gasteiger partial charge in [-0.05, 0) is 24.3 Å². The van der Waals surface area contributed by atoms with Gasteiger partial charge in [-0.2, -0.15) is 18.3 Å². The number of hydrogen-bond acceptors (Lipinski definition) is 4. The van der Waals surface area contributed by atoms with E-state index < -0.39 is 17.6 Å². The number of aromatic nitrogens is 4. The first-order valence-corrected chi connectivity index (χ1v) is 10.7. The summed E-state index contributed by atoms with van der Waals surface area (Å²) in [6.07, 6.45) is -1.26. The zero-order chi connectivity index (χ0) is 23.2. The molecule has 2 aromatic carbocycles.